The van der Waals surface area contributed by atoms with Crippen molar-refractivity contribution in [1.82, 2.24) is 9.88 Å². The van der Waals surface area contributed by atoms with Crippen molar-refractivity contribution in [2.45, 2.75) is 31.5 Å². The molecule has 7 nitrogen and oxygen atoms in total. The van der Waals surface area contributed by atoms with Gasteiger partial charge in [-0.05, 0) is 42.7 Å². The fourth-order valence-electron chi connectivity index (χ4n) is 4.58. The maximum absolute atomic E-state index is 13.2. The van der Waals surface area contributed by atoms with Crippen LogP contribution in [-0.4, -0.2) is 47.6 Å². The van der Waals surface area contributed by atoms with Crippen LogP contribution in [0.3, 0.4) is 0 Å². The largest absolute Gasteiger partial charge is 0.496 e. The second-order valence-electron chi connectivity index (χ2n) is 7.78. The van der Waals surface area contributed by atoms with Crippen LogP contribution in [0.5, 0.6) is 5.75 Å². The van der Waals surface area contributed by atoms with Crippen LogP contribution < -0.4 is 9.64 Å². The highest BCUT2D eigenvalue weighted by Gasteiger charge is 2.54. The van der Waals surface area contributed by atoms with E-state index in [0.717, 1.165) is 35.0 Å². The van der Waals surface area contributed by atoms with Gasteiger partial charge in [-0.25, -0.2) is 4.79 Å². The number of aromatic nitrogens is 1. The van der Waals surface area contributed by atoms with E-state index < -0.39 is 12.1 Å². The summed E-state index contributed by atoms with van der Waals surface area (Å²) in [5, 5.41) is 0.855. The summed E-state index contributed by atoms with van der Waals surface area (Å²) in [5.74, 6) is 0.615. The van der Waals surface area contributed by atoms with Gasteiger partial charge >= 0.3 is 6.09 Å². The number of ether oxygens (including phenoxy) is 2. The van der Waals surface area contributed by atoms with Crippen molar-refractivity contribution in [3.63, 3.8) is 0 Å². The van der Waals surface area contributed by atoms with E-state index in [0.29, 0.717) is 12.3 Å². The van der Waals surface area contributed by atoms with E-state index >= 15 is 0 Å². The molecule has 2 saturated heterocycles. The molecule has 0 aliphatic carbocycles. The van der Waals surface area contributed by atoms with Gasteiger partial charge in [-0.1, -0.05) is 30.3 Å². The van der Waals surface area contributed by atoms with Gasteiger partial charge in [-0.2, -0.15) is 0 Å². The molecule has 1 aromatic heterocycles. The van der Waals surface area contributed by atoms with Crippen molar-refractivity contribution in [2.75, 3.05) is 18.6 Å². The van der Waals surface area contributed by atoms with Crippen LogP contribution in [0.15, 0.2) is 60.8 Å². The number of pyridine rings is 1. The number of rotatable bonds is 4. The lowest BCUT2D eigenvalue weighted by Gasteiger charge is -2.53. The predicted molar refractivity (Wildman–Crippen MR) is 116 cm³/mol. The number of hydrogen-bond donors (Lipinski definition) is 0. The second kappa shape index (κ2) is 7.91. The number of fused-ring (bicyclic) bond motifs is 2. The molecule has 2 amide bonds. The number of carbonyl (C=O) groups is 2. The first kappa shape index (κ1) is 19.4. The van der Waals surface area contributed by atoms with Crippen molar-refractivity contribution in [3.8, 4) is 5.75 Å². The smallest absolute Gasteiger partial charge is 0.410 e. The van der Waals surface area contributed by atoms with Crippen LogP contribution >= 0.6 is 0 Å². The number of piperidine rings is 1. The summed E-state index contributed by atoms with van der Waals surface area (Å²) < 4.78 is 10.9. The highest BCUT2D eigenvalue weighted by atomic mass is 16.6. The van der Waals surface area contributed by atoms with Gasteiger partial charge in [0.2, 0.25) is 0 Å². The minimum absolute atomic E-state index is 0.0795. The van der Waals surface area contributed by atoms with Crippen molar-refractivity contribution in [1.29, 1.82) is 0 Å². The molecule has 5 rings (SSSR count). The Bertz CT molecular complexity index is 1130. The van der Waals surface area contributed by atoms with Gasteiger partial charge in [0.05, 0.1) is 24.4 Å². The van der Waals surface area contributed by atoms with Crippen molar-refractivity contribution < 1.29 is 19.1 Å². The molecule has 0 N–H and O–H groups in total. The topological polar surface area (TPSA) is 72.0 Å². The minimum atomic E-state index is -0.488. The molecule has 2 atom stereocenters. The summed E-state index contributed by atoms with van der Waals surface area (Å²) in [6, 6.07) is 16.5. The molecular formula is C24H23N3O4. The van der Waals surface area contributed by atoms with Crippen LogP contribution in [0, 0.1) is 0 Å². The van der Waals surface area contributed by atoms with Crippen LogP contribution in [0.2, 0.25) is 0 Å². The number of likely N-dealkylation sites (tertiary alicyclic amines) is 1. The van der Waals surface area contributed by atoms with E-state index in [-0.39, 0.29) is 18.6 Å². The number of hydrogen-bond acceptors (Lipinski definition) is 5. The first-order valence-electron chi connectivity index (χ1n) is 10.4. The average molecular weight is 417 g/mol. The van der Waals surface area contributed by atoms with Crippen molar-refractivity contribution in [2.24, 2.45) is 0 Å². The standard InChI is InChI=1S/C24H23N3O4/c1-30-20-12-11-18(21-17(20)9-5-13-25-21)27-19-10-6-14-26(22(19)23(27)28)24(29)31-15-16-7-3-2-4-8-16/h2-5,7-9,11-13,19,22H,6,10,14-15H2,1H3/t19-,22+/m1/s1. The first-order chi connectivity index (χ1) is 15.2. The highest BCUT2D eigenvalue weighted by Crippen LogP contribution is 2.41. The molecule has 2 aliphatic heterocycles. The van der Waals surface area contributed by atoms with Gasteiger partial charge in [0.1, 0.15) is 18.4 Å². The maximum Gasteiger partial charge on any atom is 0.410 e. The zero-order valence-corrected chi connectivity index (χ0v) is 17.2. The molecule has 2 aliphatic rings. The van der Waals surface area contributed by atoms with Gasteiger partial charge in [-0.3, -0.25) is 14.7 Å². The maximum atomic E-state index is 13.2. The third-order valence-electron chi connectivity index (χ3n) is 6.05. The fourth-order valence-corrected chi connectivity index (χ4v) is 4.58. The van der Waals surface area contributed by atoms with Gasteiger partial charge in [0, 0.05) is 18.1 Å². The third kappa shape index (κ3) is 3.26. The molecule has 0 spiro atoms. The zero-order valence-electron chi connectivity index (χ0n) is 17.2. The molecule has 158 valence electrons. The van der Waals surface area contributed by atoms with E-state index in [1.54, 1.807) is 23.1 Å². The lowest BCUT2D eigenvalue weighted by atomic mass is 9.85. The van der Waals surface area contributed by atoms with E-state index in [1.807, 2.05) is 54.6 Å². The number of benzene rings is 2. The van der Waals surface area contributed by atoms with Crippen molar-refractivity contribution in [3.05, 3.63) is 66.4 Å². The molecule has 0 saturated carbocycles. The molecule has 31 heavy (non-hydrogen) atoms. The lowest BCUT2D eigenvalue weighted by Crippen LogP contribution is -2.74. The average Bonchev–Trinajstić information content (AvgIpc) is 2.82. The molecule has 3 heterocycles. The Balaban J connectivity index is 1.37. The molecule has 2 aromatic carbocycles. The molecule has 0 bridgehead atoms. The molecule has 3 aromatic rings. The number of β-lactam (4-membered cyclic amide) rings is 1. The Kier molecular flexibility index (Phi) is 4.94. The molecule has 0 radical (unpaired) electrons. The summed E-state index contributed by atoms with van der Waals surface area (Å²) in [7, 11) is 1.62. The van der Waals surface area contributed by atoms with Gasteiger partial charge in [0.15, 0.2) is 0 Å². The number of methoxy groups -OCH3 is 1. The third-order valence-corrected chi connectivity index (χ3v) is 6.05. The van der Waals surface area contributed by atoms with Gasteiger partial charge < -0.3 is 14.4 Å². The molecule has 7 heteroatoms. The Hall–Kier alpha value is -3.61. The van der Waals surface area contributed by atoms with Gasteiger partial charge in [0.25, 0.3) is 5.91 Å². The van der Waals surface area contributed by atoms with E-state index in [2.05, 4.69) is 4.98 Å². The minimum Gasteiger partial charge on any atom is -0.496 e. The zero-order chi connectivity index (χ0) is 21.4. The van der Waals surface area contributed by atoms with Gasteiger partial charge in [-0.15, -0.1) is 0 Å². The monoisotopic (exact) mass is 417 g/mol. The summed E-state index contributed by atoms with van der Waals surface area (Å²) in [4.78, 5) is 33.8. The van der Waals surface area contributed by atoms with Crippen molar-refractivity contribution >= 4 is 28.6 Å². The van der Waals surface area contributed by atoms with Crippen LogP contribution in [0.1, 0.15) is 18.4 Å². The summed E-state index contributed by atoms with van der Waals surface area (Å²) in [5.41, 5.74) is 2.39. The van der Waals surface area contributed by atoms with E-state index in [4.69, 9.17) is 9.47 Å². The Labute approximate surface area is 180 Å². The normalized spacial score (nSPS) is 20.2. The predicted octanol–water partition coefficient (Wildman–Crippen LogP) is 3.76. The summed E-state index contributed by atoms with van der Waals surface area (Å²) >= 11 is 0. The van der Waals surface area contributed by atoms with Crippen LogP contribution in [0.25, 0.3) is 10.9 Å². The Morgan fingerprint density at radius 1 is 1.13 bits per heavy atom. The Morgan fingerprint density at radius 3 is 2.77 bits per heavy atom. The SMILES string of the molecule is COc1ccc(N2C(=O)[C@@H]3[C@H]2CCCN3C(=O)OCc2ccccc2)c2ncccc12. The van der Waals surface area contributed by atoms with E-state index in [9.17, 15) is 9.59 Å². The van der Waals surface area contributed by atoms with Crippen LogP contribution in [-0.2, 0) is 16.1 Å². The lowest BCUT2D eigenvalue weighted by molar-refractivity contribution is -0.133. The number of nitrogens with zero attached hydrogens (tertiary/aromatic N) is 3. The van der Waals surface area contributed by atoms with Crippen LogP contribution in [0.4, 0.5) is 10.5 Å². The summed E-state index contributed by atoms with van der Waals surface area (Å²) in [6.45, 7) is 0.717. The molecular weight excluding hydrogens is 394 g/mol. The number of anilines is 1. The Morgan fingerprint density at radius 2 is 1.97 bits per heavy atom. The first-order valence-corrected chi connectivity index (χ1v) is 10.4. The quantitative estimate of drug-likeness (QED) is 0.605. The second-order valence-corrected chi connectivity index (χ2v) is 7.78. The van der Waals surface area contributed by atoms with E-state index in [1.165, 1.54) is 0 Å². The molecule has 0 unspecified atom stereocenters. The fraction of sp³-hybridized carbons (Fsp3) is 0.292. The number of carbonyl (C=O) groups excluding carboxylic acids is 2. The summed E-state index contributed by atoms with van der Waals surface area (Å²) in [6.07, 6.45) is 2.91. The molecule has 2 fully saturated rings. The highest BCUT2D eigenvalue weighted by molar-refractivity contribution is 6.12. The number of amides is 2.